The summed E-state index contributed by atoms with van der Waals surface area (Å²) in [6, 6.07) is 4.17. The number of pyridine rings is 1. The van der Waals surface area contributed by atoms with Gasteiger partial charge in [0.2, 0.25) is 0 Å². The van der Waals surface area contributed by atoms with Crippen LogP contribution in [0.2, 0.25) is 0 Å². The molecule has 0 aromatic carbocycles. The maximum absolute atomic E-state index is 6.05. The molecule has 1 N–H and O–H groups in total. The van der Waals surface area contributed by atoms with Crippen molar-refractivity contribution in [2.75, 3.05) is 20.1 Å². The molecule has 0 spiro atoms. The Morgan fingerprint density at radius 3 is 2.57 bits per heavy atom. The van der Waals surface area contributed by atoms with Crippen molar-refractivity contribution < 1.29 is 4.74 Å². The van der Waals surface area contributed by atoms with Gasteiger partial charge in [-0.25, -0.2) is 0 Å². The van der Waals surface area contributed by atoms with Crippen LogP contribution in [-0.2, 0) is 11.3 Å². The van der Waals surface area contributed by atoms with Crippen LogP contribution in [0.4, 0.5) is 0 Å². The molecule has 4 rings (SSSR count). The normalized spacial score (nSPS) is 31.9. The summed E-state index contributed by atoms with van der Waals surface area (Å²) < 4.78 is 6.05. The first-order valence-corrected chi connectivity index (χ1v) is 8.27. The number of guanidine groups is 1. The monoisotopic (exact) mass is 428 g/mol. The first kappa shape index (κ1) is 17.0. The molecule has 126 valence electrons. The lowest BCUT2D eigenvalue weighted by atomic mass is 9.82. The number of aromatic nitrogens is 1. The number of halogens is 1. The molecule has 0 aliphatic carbocycles. The van der Waals surface area contributed by atoms with Crippen LogP contribution in [-0.4, -0.2) is 48.2 Å². The predicted octanol–water partition coefficient (Wildman–Crippen LogP) is 2.19. The SMILES string of the molecule is CN=C(NCc1ccc(C)nc1)N1CC2C3CCC(O3)C2C1.I. The van der Waals surface area contributed by atoms with E-state index in [0.717, 1.165) is 31.3 Å². The van der Waals surface area contributed by atoms with Crippen molar-refractivity contribution in [2.45, 2.75) is 38.5 Å². The van der Waals surface area contributed by atoms with Gasteiger partial charge in [0, 0.05) is 50.4 Å². The first-order valence-electron chi connectivity index (χ1n) is 8.27. The molecule has 3 saturated heterocycles. The van der Waals surface area contributed by atoms with Gasteiger partial charge in [0.05, 0.1) is 12.2 Å². The van der Waals surface area contributed by atoms with E-state index in [9.17, 15) is 0 Å². The molecular formula is C17H25IN4O. The number of fused-ring (bicyclic) bond motifs is 5. The van der Waals surface area contributed by atoms with Gasteiger partial charge in [-0.3, -0.25) is 9.98 Å². The van der Waals surface area contributed by atoms with Gasteiger partial charge in [0.15, 0.2) is 5.96 Å². The highest BCUT2D eigenvalue weighted by molar-refractivity contribution is 14.0. The highest BCUT2D eigenvalue weighted by Gasteiger charge is 2.53. The molecule has 4 unspecified atom stereocenters. The minimum atomic E-state index is 0. The molecule has 23 heavy (non-hydrogen) atoms. The summed E-state index contributed by atoms with van der Waals surface area (Å²) in [5, 5.41) is 3.48. The number of rotatable bonds is 2. The van der Waals surface area contributed by atoms with Gasteiger partial charge in [0.1, 0.15) is 0 Å². The number of aliphatic imine (C=N–C) groups is 1. The second-order valence-electron chi connectivity index (χ2n) is 6.73. The number of hydrogen-bond donors (Lipinski definition) is 1. The molecule has 3 aliphatic heterocycles. The van der Waals surface area contributed by atoms with Crippen molar-refractivity contribution in [3.05, 3.63) is 29.6 Å². The van der Waals surface area contributed by atoms with Crippen molar-refractivity contribution in [3.8, 4) is 0 Å². The Morgan fingerprint density at radius 1 is 1.30 bits per heavy atom. The highest BCUT2D eigenvalue weighted by atomic mass is 127. The van der Waals surface area contributed by atoms with E-state index >= 15 is 0 Å². The summed E-state index contributed by atoms with van der Waals surface area (Å²) in [7, 11) is 1.87. The lowest BCUT2D eigenvalue weighted by Gasteiger charge is -2.23. The molecule has 6 heteroatoms. The summed E-state index contributed by atoms with van der Waals surface area (Å²) in [5.74, 6) is 2.42. The van der Waals surface area contributed by atoms with Gasteiger partial charge in [-0.1, -0.05) is 6.07 Å². The van der Waals surface area contributed by atoms with Crippen LogP contribution in [0.3, 0.4) is 0 Å². The Kier molecular flexibility index (Phi) is 5.10. The summed E-state index contributed by atoms with van der Waals surface area (Å²) in [4.78, 5) is 11.2. The van der Waals surface area contributed by atoms with E-state index in [1.54, 1.807) is 0 Å². The highest BCUT2D eigenvalue weighted by Crippen LogP contribution is 2.47. The fourth-order valence-electron chi connectivity index (χ4n) is 4.25. The number of nitrogens with one attached hydrogen (secondary N) is 1. The van der Waals surface area contributed by atoms with Crippen LogP contribution in [0, 0.1) is 18.8 Å². The standard InChI is InChI=1S/C17H24N4O.HI/c1-11-3-4-12(7-19-11)8-20-17(18-2)21-9-13-14(10-21)16-6-5-15(13)22-16;/h3-4,7,13-16H,5-6,8-10H2,1-2H3,(H,18,20);1H. The molecule has 1 aromatic heterocycles. The van der Waals surface area contributed by atoms with E-state index in [0.29, 0.717) is 24.0 Å². The van der Waals surface area contributed by atoms with Gasteiger partial charge < -0.3 is 15.0 Å². The number of nitrogens with zero attached hydrogens (tertiary/aromatic N) is 3. The Bertz CT molecular complexity index is 558. The Balaban J connectivity index is 0.00000156. The molecular weight excluding hydrogens is 403 g/mol. The smallest absolute Gasteiger partial charge is 0.193 e. The van der Waals surface area contributed by atoms with Gasteiger partial charge in [-0.05, 0) is 31.4 Å². The number of aryl methyl sites for hydroxylation is 1. The van der Waals surface area contributed by atoms with Crippen LogP contribution < -0.4 is 5.32 Å². The second-order valence-corrected chi connectivity index (χ2v) is 6.73. The van der Waals surface area contributed by atoms with Crippen LogP contribution in [0.15, 0.2) is 23.3 Å². The zero-order chi connectivity index (χ0) is 15.1. The van der Waals surface area contributed by atoms with E-state index in [1.165, 1.54) is 18.4 Å². The molecule has 3 aliphatic rings. The fraction of sp³-hybridized carbons (Fsp3) is 0.647. The lowest BCUT2D eigenvalue weighted by Crippen LogP contribution is -2.41. The minimum Gasteiger partial charge on any atom is -0.374 e. The predicted molar refractivity (Wildman–Crippen MR) is 101 cm³/mol. The Hall–Kier alpha value is -0.890. The quantitative estimate of drug-likeness (QED) is 0.446. The zero-order valence-electron chi connectivity index (χ0n) is 13.7. The van der Waals surface area contributed by atoms with Gasteiger partial charge in [-0.15, -0.1) is 24.0 Å². The van der Waals surface area contributed by atoms with E-state index in [2.05, 4.69) is 32.3 Å². The molecule has 2 bridgehead atoms. The van der Waals surface area contributed by atoms with Crippen LogP contribution in [0.1, 0.15) is 24.1 Å². The minimum absolute atomic E-state index is 0. The van der Waals surface area contributed by atoms with Crippen molar-refractivity contribution in [1.29, 1.82) is 0 Å². The van der Waals surface area contributed by atoms with Crippen molar-refractivity contribution in [1.82, 2.24) is 15.2 Å². The van der Waals surface area contributed by atoms with Gasteiger partial charge >= 0.3 is 0 Å². The Morgan fingerprint density at radius 2 is 2.00 bits per heavy atom. The molecule has 0 radical (unpaired) electrons. The van der Waals surface area contributed by atoms with E-state index in [-0.39, 0.29) is 24.0 Å². The zero-order valence-corrected chi connectivity index (χ0v) is 16.1. The molecule has 4 atom stereocenters. The summed E-state index contributed by atoms with van der Waals surface area (Å²) in [6.45, 7) is 4.94. The first-order chi connectivity index (χ1) is 10.7. The number of hydrogen-bond acceptors (Lipinski definition) is 3. The van der Waals surface area contributed by atoms with Crippen molar-refractivity contribution in [2.24, 2.45) is 16.8 Å². The maximum atomic E-state index is 6.05. The molecule has 4 heterocycles. The summed E-state index contributed by atoms with van der Waals surface area (Å²) in [5.41, 5.74) is 2.24. The molecule has 0 amide bonds. The maximum Gasteiger partial charge on any atom is 0.193 e. The third-order valence-electron chi connectivity index (χ3n) is 5.39. The average molecular weight is 428 g/mol. The van der Waals surface area contributed by atoms with E-state index < -0.39 is 0 Å². The molecule has 3 fully saturated rings. The van der Waals surface area contributed by atoms with Gasteiger partial charge in [-0.2, -0.15) is 0 Å². The van der Waals surface area contributed by atoms with Crippen molar-refractivity contribution >= 4 is 29.9 Å². The largest absolute Gasteiger partial charge is 0.374 e. The number of ether oxygens (including phenoxy) is 1. The average Bonchev–Trinajstić information content (AvgIpc) is 3.22. The van der Waals surface area contributed by atoms with Crippen LogP contribution >= 0.6 is 24.0 Å². The van der Waals surface area contributed by atoms with E-state index in [4.69, 9.17) is 4.74 Å². The third-order valence-corrected chi connectivity index (χ3v) is 5.39. The summed E-state index contributed by atoms with van der Waals surface area (Å²) in [6.07, 6.45) is 5.43. The lowest BCUT2D eigenvalue weighted by molar-refractivity contribution is 0.0767. The fourth-order valence-corrected chi connectivity index (χ4v) is 4.25. The van der Waals surface area contributed by atoms with E-state index in [1.807, 2.05) is 20.2 Å². The van der Waals surface area contributed by atoms with Crippen LogP contribution in [0.25, 0.3) is 0 Å². The molecule has 0 saturated carbocycles. The Labute approximate surface area is 154 Å². The van der Waals surface area contributed by atoms with Gasteiger partial charge in [0.25, 0.3) is 0 Å². The third kappa shape index (κ3) is 3.20. The second kappa shape index (κ2) is 6.93. The summed E-state index contributed by atoms with van der Waals surface area (Å²) >= 11 is 0. The van der Waals surface area contributed by atoms with Crippen LogP contribution in [0.5, 0.6) is 0 Å². The molecule has 1 aromatic rings. The number of likely N-dealkylation sites (tertiary alicyclic amines) is 1. The van der Waals surface area contributed by atoms with Crippen molar-refractivity contribution in [3.63, 3.8) is 0 Å². The molecule has 5 nitrogen and oxygen atoms in total. The topological polar surface area (TPSA) is 49.8 Å².